The highest BCUT2D eigenvalue weighted by Gasteiger charge is 2.21. The molecule has 3 N–H and O–H groups in total. The van der Waals surface area contributed by atoms with Gasteiger partial charge in [0.15, 0.2) is 34.7 Å². The van der Waals surface area contributed by atoms with Gasteiger partial charge in [-0.15, -0.1) is 6.42 Å². The fourth-order valence-corrected chi connectivity index (χ4v) is 4.57. The Morgan fingerprint density at radius 1 is 1.18 bits per heavy atom. The number of benzene rings is 2. The molecule has 0 saturated carbocycles. The Balaban J connectivity index is 1.31. The molecule has 1 aliphatic heterocycles. The van der Waals surface area contributed by atoms with Crippen LogP contribution in [0.1, 0.15) is 11.1 Å². The van der Waals surface area contributed by atoms with Crippen LogP contribution in [-0.2, 0) is 11.3 Å². The van der Waals surface area contributed by atoms with Gasteiger partial charge in [-0.1, -0.05) is 12.0 Å². The second kappa shape index (κ2) is 10.7. The number of ether oxygens (including phenoxy) is 2. The number of rotatable bonds is 7. The van der Waals surface area contributed by atoms with Gasteiger partial charge in [-0.25, -0.2) is 23.7 Å². The van der Waals surface area contributed by atoms with E-state index in [9.17, 15) is 8.78 Å². The number of aromatic nitrogens is 6. The van der Waals surface area contributed by atoms with E-state index >= 15 is 0 Å². The number of nitrogens with one attached hydrogen (secondary N) is 3. The number of halogens is 2. The summed E-state index contributed by atoms with van der Waals surface area (Å²) in [5.74, 6) is 1.19. The van der Waals surface area contributed by atoms with Crippen molar-refractivity contribution < 1.29 is 18.3 Å². The van der Waals surface area contributed by atoms with E-state index in [2.05, 4.69) is 53.4 Å². The van der Waals surface area contributed by atoms with Gasteiger partial charge in [0.05, 0.1) is 54.4 Å². The Morgan fingerprint density at radius 2 is 2.02 bits per heavy atom. The quantitative estimate of drug-likeness (QED) is 0.261. The molecule has 0 bridgehead atoms. The van der Waals surface area contributed by atoms with Crippen LogP contribution in [0.5, 0.6) is 5.75 Å². The highest BCUT2D eigenvalue weighted by molar-refractivity contribution is 5.83. The van der Waals surface area contributed by atoms with Crippen LogP contribution in [0.4, 0.5) is 20.3 Å². The average molecular weight is 543 g/mol. The molecule has 0 atom stereocenters. The van der Waals surface area contributed by atoms with E-state index in [1.807, 2.05) is 6.07 Å². The maximum absolute atomic E-state index is 14.9. The topological polar surface area (TPSA) is 117 Å². The van der Waals surface area contributed by atoms with Crippen molar-refractivity contribution >= 4 is 22.5 Å². The number of fused-ring (bicyclic) bond motifs is 1. The highest BCUT2D eigenvalue weighted by Crippen LogP contribution is 2.33. The molecule has 2 aromatic carbocycles. The lowest BCUT2D eigenvalue weighted by atomic mass is 10.1. The first-order valence-electron chi connectivity index (χ1n) is 12.5. The number of hydrogen-bond acceptors (Lipinski definition) is 8. The first kappa shape index (κ1) is 25.4. The number of terminal acetylenes is 1. The molecule has 6 rings (SSSR count). The van der Waals surface area contributed by atoms with Crippen LogP contribution < -0.4 is 10.1 Å². The summed E-state index contributed by atoms with van der Waals surface area (Å²) in [4.78, 5) is 18.8. The van der Waals surface area contributed by atoms with Crippen molar-refractivity contribution in [2.75, 3.05) is 38.7 Å². The zero-order chi connectivity index (χ0) is 27.6. The molecule has 12 heteroatoms. The largest absolute Gasteiger partial charge is 0.491 e. The minimum atomic E-state index is -0.919. The summed E-state index contributed by atoms with van der Waals surface area (Å²) >= 11 is 0. The summed E-state index contributed by atoms with van der Waals surface area (Å²) in [5, 5.41) is 10.3. The second-order valence-electron chi connectivity index (χ2n) is 9.14. The summed E-state index contributed by atoms with van der Waals surface area (Å²) in [6.07, 6.45) is 8.29. The van der Waals surface area contributed by atoms with Crippen LogP contribution in [-0.4, -0.2) is 68.4 Å². The lowest BCUT2D eigenvalue weighted by Gasteiger charge is -2.26. The van der Waals surface area contributed by atoms with Crippen molar-refractivity contribution in [1.29, 1.82) is 0 Å². The summed E-state index contributed by atoms with van der Waals surface area (Å²) in [6.45, 7) is 4.09. The van der Waals surface area contributed by atoms with Gasteiger partial charge in [-0.3, -0.25) is 10.00 Å². The number of methoxy groups -OCH3 is 1. The van der Waals surface area contributed by atoms with E-state index in [0.29, 0.717) is 17.2 Å². The van der Waals surface area contributed by atoms with Gasteiger partial charge in [0.25, 0.3) is 0 Å². The maximum Gasteiger partial charge on any atom is 0.179 e. The summed E-state index contributed by atoms with van der Waals surface area (Å²) in [5.41, 5.74) is 3.28. The minimum Gasteiger partial charge on any atom is -0.491 e. The molecule has 3 aromatic heterocycles. The molecule has 0 aliphatic carbocycles. The molecule has 5 aromatic rings. The van der Waals surface area contributed by atoms with Crippen LogP contribution in [0.25, 0.3) is 33.9 Å². The molecule has 1 fully saturated rings. The predicted molar refractivity (Wildman–Crippen MR) is 145 cm³/mol. The minimum absolute atomic E-state index is 0.0968. The van der Waals surface area contributed by atoms with Crippen molar-refractivity contribution in [2.24, 2.45) is 0 Å². The maximum atomic E-state index is 14.9. The fraction of sp³-hybridized carbons (Fsp3) is 0.214. The fourth-order valence-electron chi connectivity index (χ4n) is 4.57. The molecule has 4 heterocycles. The van der Waals surface area contributed by atoms with Crippen molar-refractivity contribution in [3.05, 3.63) is 65.5 Å². The first-order chi connectivity index (χ1) is 19.5. The van der Waals surface area contributed by atoms with Crippen LogP contribution in [0.15, 0.2) is 42.7 Å². The van der Waals surface area contributed by atoms with Gasteiger partial charge >= 0.3 is 0 Å². The van der Waals surface area contributed by atoms with Gasteiger partial charge in [0.2, 0.25) is 0 Å². The van der Waals surface area contributed by atoms with E-state index in [1.165, 1.54) is 19.4 Å². The Bertz CT molecular complexity index is 1740. The molecule has 0 unspecified atom stereocenters. The first-order valence-corrected chi connectivity index (χ1v) is 12.5. The summed E-state index contributed by atoms with van der Waals surface area (Å²) in [6, 6.07) is 8.39. The van der Waals surface area contributed by atoms with Crippen LogP contribution >= 0.6 is 0 Å². The molecule has 0 amide bonds. The molecule has 1 saturated heterocycles. The van der Waals surface area contributed by atoms with Crippen molar-refractivity contribution in [3.8, 4) is 41.0 Å². The average Bonchev–Trinajstić information content (AvgIpc) is 3.60. The lowest BCUT2D eigenvalue weighted by molar-refractivity contribution is 0.0342. The lowest BCUT2D eigenvalue weighted by Crippen LogP contribution is -2.35. The molecule has 0 spiro atoms. The SMILES string of the molecule is C#Cc1ccc(F)c(-c2ncc(OC)c(Nc3c[nH]nc3-c3nc4cc(CN5CCOCC5)ccc4[nH]3)n2)c1F. The number of aromatic amines is 2. The van der Waals surface area contributed by atoms with Gasteiger partial charge in [0.1, 0.15) is 5.82 Å². The predicted octanol–water partition coefficient (Wildman–Crippen LogP) is 4.25. The highest BCUT2D eigenvalue weighted by atomic mass is 19.1. The van der Waals surface area contributed by atoms with Gasteiger partial charge in [0, 0.05) is 25.8 Å². The number of anilines is 2. The number of imidazole rings is 1. The third-order valence-electron chi connectivity index (χ3n) is 6.62. The Morgan fingerprint density at radius 3 is 2.83 bits per heavy atom. The standard InChI is InChI=1S/C28H24F2N8O2/c1-3-17-5-6-18(29)23(24(17)30)27-31-14-22(39-2)26(36-27)35-21-13-32-37-25(21)28-33-19-7-4-16(12-20(19)34-28)15-38-8-10-40-11-9-38/h1,4-7,12-14H,8-11,15H2,2H3,(H,32,37)(H,33,34)(H,31,35,36). The Hall–Kier alpha value is -4.86. The molecule has 202 valence electrons. The molecule has 40 heavy (non-hydrogen) atoms. The second-order valence-corrected chi connectivity index (χ2v) is 9.14. The third-order valence-corrected chi connectivity index (χ3v) is 6.62. The number of nitrogens with zero attached hydrogens (tertiary/aromatic N) is 5. The molecule has 0 radical (unpaired) electrons. The smallest absolute Gasteiger partial charge is 0.179 e. The zero-order valence-electron chi connectivity index (χ0n) is 21.5. The van der Waals surface area contributed by atoms with Gasteiger partial charge in [-0.05, 0) is 29.8 Å². The monoisotopic (exact) mass is 542 g/mol. The van der Waals surface area contributed by atoms with E-state index in [0.717, 1.165) is 55.5 Å². The normalized spacial score (nSPS) is 13.8. The number of morpholine rings is 1. The van der Waals surface area contributed by atoms with Crippen LogP contribution in [0, 0.1) is 24.0 Å². The third kappa shape index (κ3) is 4.84. The van der Waals surface area contributed by atoms with Gasteiger partial charge in [-0.2, -0.15) is 5.10 Å². The van der Waals surface area contributed by atoms with Crippen molar-refractivity contribution in [3.63, 3.8) is 0 Å². The van der Waals surface area contributed by atoms with Crippen molar-refractivity contribution in [2.45, 2.75) is 6.54 Å². The van der Waals surface area contributed by atoms with E-state index < -0.39 is 17.2 Å². The summed E-state index contributed by atoms with van der Waals surface area (Å²) in [7, 11) is 1.44. The molecule has 10 nitrogen and oxygen atoms in total. The van der Waals surface area contributed by atoms with E-state index in [4.69, 9.17) is 20.9 Å². The van der Waals surface area contributed by atoms with Crippen molar-refractivity contribution in [1.82, 2.24) is 35.0 Å². The Kier molecular flexibility index (Phi) is 6.81. The molecule has 1 aliphatic rings. The van der Waals surface area contributed by atoms with Crippen LogP contribution in [0.2, 0.25) is 0 Å². The van der Waals surface area contributed by atoms with E-state index in [-0.39, 0.29) is 23.0 Å². The molecular formula is C28H24F2N8O2. The zero-order valence-corrected chi connectivity index (χ0v) is 21.5. The van der Waals surface area contributed by atoms with E-state index in [1.54, 1.807) is 6.20 Å². The summed E-state index contributed by atoms with van der Waals surface area (Å²) < 4.78 is 40.3. The Labute approximate surface area is 227 Å². The number of H-pyrrole nitrogens is 2. The van der Waals surface area contributed by atoms with Crippen LogP contribution in [0.3, 0.4) is 0 Å². The molecular weight excluding hydrogens is 518 g/mol. The van der Waals surface area contributed by atoms with Gasteiger partial charge < -0.3 is 19.8 Å². The number of hydrogen-bond donors (Lipinski definition) is 3.